The van der Waals surface area contributed by atoms with Gasteiger partial charge >= 0.3 is 0 Å². The predicted molar refractivity (Wildman–Crippen MR) is 69.3 cm³/mol. The van der Waals surface area contributed by atoms with E-state index in [4.69, 9.17) is 0 Å². The molecule has 1 aromatic heterocycles. The van der Waals surface area contributed by atoms with Crippen molar-refractivity contribution >= 4 is 11.8 Å². The zero-order valence-corrected chi connectivity index (χ0v) is 11.2. The molecular formula is C12H20N4S. The summed E-state index contributed by atoms with van der Waals surface area (Å²) < 4.78 is 2.25. The first-order chi connectivity index (χ1) is 8.34. The lowest BCUT2D eigenvalue weighted by atomic mass is 10.2. The molecule has 2 fully saturated rings. The SMILES string of the molecule is CN1CCCC1CCSc1nncn1C1CC1. The van der Waals surface area contributed by atoms with Crippen molar-refractivity contribution in [3.8, 4) is 0 Å². The topological polar surface area (TPSA) is 34.0 Å². The van der Waals surface area contributed by atoms with Crippen molar-refractivity contribution in [3.63, 3.8) is 0 Å². The molecular weight excluding hydrogens is 232 g/mol. The number of rotatable bonds is 5. The highest BCUT2D eigenvalue weighted by atomic mass is 32.2. The lowest BCUT2D eigenvalue weighted by Gasteiger charge is -2.18. The van der Waals surface area contributed by atoms with Crippen molar-refractivity contribution < 1.29 is 0 Å². The van der Waals surface area contributed by atoms with Crippen LogP contribution >= 0.6 is 11.8 Å². The summed E-state index contributed by atoms with van der Waals surface area (Å²) in [7, 11) is 2.25. The average Bonchev–Trinajstić information content (AvgIpc) is 2.93. The summed E-state index contributed by atoms with van der Waals surface area (Å²) >= 11 is 1.87. The van der Waals surface area contributed by atoms with E-state index in [1.54, 1.807) is 0 Å². The largest absolute Gasteiger partial charge is 0.306 e. The molecule has 1 saturated heterocycles. The van der Waals surface area contributed by atoms with Gasteiger partial charge in [0.1, 0.15) is 6.33 Å². The number of aromatic nitrogens is 3. The summed E-state index contributed by atoms with van der Waals surface area (Å²) in [4.78, 5) is 2.49. The second-order valence-corrected chi connectivity index (χ2v) is 6.23. The lowest BCUT2D eigenvalue weighted by molar-refractivity contribution is 0.305. The van der Waals surface area contributed by atoms with Gasteiger partial charge in [0.05, 0.1) is 0 Å². The molecule has 1 aliphatic heterocycles. The minimum absolute atomic E-state index is 0.696. The molecule has 1 aromatic rings. The maximum atomic E-state index is 4.22. The quantitative estimate of drug-likeness (QED) is 0.752. The van der Waals surface area contributed by atoms with Crippen LogP contribution in [0.15, 0.2) is 11.5 Å². The zero-order chi connectivity index (χ0) is 11.7. The van der Waals surface area contributed by atoms with Crippen molar-refractivity contribution in [2.75, 3.05) is 19.3 Å². The van der Waals surface area contributed by atoms with Crippen LogP contribution < -0.4 is 0 Å². The fourth-order valence-corrected chi connectivity index (χ4v) is 3.59. The molecule has 0 bridgehead atoms. The molecule has 0 spiro atoms. The van der Waals surface area contributed by atoms with Crippen LogP contribution in [0.5, 0.6) is 0 Å². The fourth-order valence-electron chi connectivity index (χ4n) is 2.57. The third-order valence-corrected chi connectivity index (χ3v) is 4.82. The molecule has 1 aliphatic carbocycles. The van der Waals surface area contributed by atoms with E-state index in [9.17, 15) is 0 Å². The third-order valence-electron chi connectivity index (χ3n) is 3.83. The van der Waals surface area contributed by atoms with Gasteiger partial charge in [-0.2, -0.15) is 0 Å². The van der Waals surface area contributed by atoms with Gasteiger partial charge in [0.15, 0.2) is 5.16 Å². The second-order valence-electron chi connectivity index (χ2n) is 5.17. The van der Waals surface area contributed by atoms with Gasteiger partial charge in [-0.3, -0.25) is 0 Å². The highest BCUT2D eigenvalue weighted by Gasteiger charge is 2.26. The molecule has 3 rings (SSSR count). The Morgan fingerprint density at radius 3 is 3.00 bits per heavy atom. The standard InChI is InChI=1S/C12H20N4S/c1-15-7-2-3-10(15)6-8-17-12-14-13-9-16(12)11-4-5-11/h9-11H,2-8H2,1H3. The number of hydrogen-bond acceptors (Lipinski definition) is 4. The summed E-state index contributed by atoms with van der Waals surface area (Å²) in [5, 5.41) is 9.37. The van der Waals surface area contributed by atoms with Crippen molar-refractivity contribution in [2.24, 2.45) is 0 Å². The Labute approximate surface area is 107 Å². The molecule has 0 radical (unpaired) electrons. The van der Waals surface area contributed by atoms with E-state index in [0.29, 0.717) is 6.04 Å². The Morgan fingerprint density at radius 1 is 1.41 bits per heavy atom. The van der Waals surface area contributed by atoms with Crippen molar-refractivity contribution in [3.05, 3.63) is 6.33 Å². The Kier molecular flexibility index (Phi) is 3.38. The maximum Gasteiger partial charge on any atom is 0.191 e. The highest BCUT2D eigenvalue weighted by Crippen LogP contribution is 2.37. The van der Waals surface area contributed by atoms with Gasteiger partial charge in [-0.25, -0.2) is 0 Å². The van der Waals surface area contributed by atoms with Gasteiger partial charge in [0.25, 0.3) is 0 Å². The third kappa shape index (κ3) is 2.65. The molecule has 94 valence electrons. The normalized spacial score (nSPS) is 25.6. The van der Waals surface area contributed by atoms with Crippen LogP contribution in [0.2, 0.25) is 0 Å². The highest BCUT2D eigenvalue weighted by molar-refractivity contribution is 7.99. The molecule has 0 N–H and O–H groups in total. The maximum absolute atomic E-state index is 4.22. The Balaban J connectivity index is 1.48. The summed E-state index contributed by atoms with van der Waals surface area (Å²) in [5.41, 5.74) is 0. The van der Waals surface area contributed by atoms with Crippen LogP contribution in [0.3, 0.4) is 0 Å². The molecule has 5 heteroatoms. The smallest absolute Gasteiger partial charge is 0.191 e. The number of thioether (sulfide) groups is 1. The molecule has 1 unspecified atom stereocenters. The summed E-state index contributed by atoms with van der Waals surface area (Å²) in [6.45, 7) is 1.27. The van der Waals surface area contributed by atoms with E-state index in [1.807, 2.05) is 18.1 Å². The minimum atomic E-state index is 0.696. The van der Waals surface area contributed by atoms with Gasteiger partial charge in [0.2, 0.25) is 0 Å². The molecule has 4 nitrogen and oxygen atoms in total. The van der Waals surface area contributed by atoms with E-state index < -0.39 is 0 Å². The predicted octanol–water partition coefficient (Wildman–Crippen LogP) is 2.19. The van der Waals surface area contributed by atoms with Crippen LogP contribution in [0.4, 0.5) is 0 Å². The van der Waals surface area contributed by atoms with Crippen molar-refractivity contribution in [2.45, 2.75) is 49.3 Å². The van der Waals surface area contributed by atoms with Gasteiger partial charge in [-0.15, -0.1) is 10.2 Å². The van der Waals surface area contributed by atoms with Crippen LogP contribution in [0, 0.1) is 0 Å². The van der Waals surface area contributed by atoms with Gasteiger partial charge < -0.3 is 9.47 Å². The molecule has 17 heavy (non-hydrogen) atoms. The van der Waals surface area contributed by atoms with Crippen LogP contribution in [0.1, 0.15) is 38.1 Å². The first-order valence-corrected chi connectivity index (χ1v) is 7.55. The second kappa shape index (κ2) is 4.98. The Hall–Kier alpha value is -0.550. The summed E-state index contributed by atoms with van der Waals surface area (Å²) in [6, 6.07) is 1.49. The van der Waals surface area contributed by atoms with Crippen LogP contribution in [-0.4, -0.2) is 45.1 Å². The molecule has 0 aromatic carbocycles. The van der Waals surface area contributed by atoms with Crippen LogP contribution in [-0.2, 0) is 0 Å². The van der Waals surface area contributed by atoms with E-state index in [1.165, 1.54) is 44.4 Å². The number of likely N-dealkylation sites (tertiary alicyclic amines) is 1. The van der Waals surface area contributed by atoms with E-state index in [2.05, 4.69) is 26.7 Å². The Morgan fingerprint density at radius 2 is 2.29 bits per heavy atom. The summed E-state index contributed by atoms with van der Waals surface area (Å²) in [6.07, 6.45) is 8.50. The molecule has 1 saturated carbocycles. The van der Waals surface area contributed by atoms with Gasteiger partial charge in [0, 0.05) is 17.8 Å². The first-order valence-electron chi connectivity index (χ1n) is 6.57. The van der Waals surface area contributed by atoms with E-state index in [0.717, 1.165) is 11.2 Å². The van der Waals surface area contributed by atoms with Gasteiger partial charge in [-0.1, -0.05) is 11.8 Å². The fraction of sp³-hybridized carbons (Fsp3) is 0.833. The molecule has 0 amide bonds. The monoisotopic (exact) mass is 252 g/mol. The molecule has 2 heterocycles. The van der Waals surface area contributed by atoms with Crippen molar-refractivity contribution in [1.29, 1.82) is 0 Å². The number of nitrogens with zero attached hydrogens (tertiary/aromatic N) is 4. The first kappa shape index (κ1) is 11.5. The minimum Gasteiger partial charge on any atom is -0.306 e. The molecule has 2 aliphatic rings. The van der Waals surface area contributed by atoms with E-state index >= 15 is 0 Å². The van der Waals surface area contributed by atoms with Gasteiger partial charge in [-0.05, 0) is 45.7 Å². The van der Waals surface area contributed by atoms with Crippen molar-refractivity contribution in [1.82, 2.24) is 19.7 Å². The summed E-state index contributed by atoms with van der Waals surface area (Å²) in [5.74, 6) is 1.17. The lowest BCUT2D eigenvalue weighted by Crippen LogP contribution is -2.25. The Bertz CT molecular complexity index is 374. The molecule has 1 atom stereocenters. The van der Waals surface area contributed by atoms with E-state index in [-0.39, 0.29) is 0 Å². The zero-order valence-electron chi connectivity index (χ0n) is 10.4. The van der Waals surface area contributed by atoms with Crippen LogP contribution in [0.25, 0.3) is 0 Å². The number of hydrogen-bond donors (Lipinski definition) is 0. The average molecular weight is 252 g/mol.